The average Bonchev–Trinajstić information content (AvgIpc) is 2.98. The molecule has 1 aromatic rings. The third-order valence-corrected chi connectivity index (χ3v) is 5.13. The van der Waals surface area contributed by atoms with E-state index in [0.717, 1.165) is 13.1 Å². The van der Waals surface area contributed by atoms with Gasteiger partial charge in [0.15, 0.2) is 0 Å². The summed E-state index contributed by atoms with van der Waals surface area (Å²) in [5, 5.41) is 5.69. The van der Waals surface area contributed by atoms with Crippen LogP contribution >= 0.6 is 11.3 Å². The van der Waals surface area contributed by atoms with E-state index in [2.05, 4.69) is 60.3 Å². The van der Waals surface area contributed by atoms with Crippen LogP contribution in [-0.4, -0.2) is 55.6 Å². The largest absolute Gasteiger partial charge is 0.314 e. The molecule has 2 heterocycles. The second kappa shape index (κ2) is 9.02. The minimum absolute atomic E-state index is 0.544. The molecule has 0 spiro atoms. The van der Waals surface area contributed by atoms with Gasteiger partial charge < -0.3 is 5.32 Å². The van der Waals surface area contributed by atoms with Gasteiger partial charge in [-0.2, -0.15) is 0 Å². The van der Waals surface area contributed by atoms with Crippen molar-refractivity contribution in [3.8, 4) is 0 Å². The molecule has 1 N–H and O–H groups in total. The number of nitrogens with one attached hydrogen (secondary N) is 1. The van der Waals surface area contributed by atoms with Gasteiger partial charge in [0.25, 0.3) is 0 Å². The van der Waals surface area contributed by atoms with Crippen LogP contribution in [0, 0.1) is 11.8 Å². The van der Waals surface area contributed by atoms with Crippen LogP contribution < -0.4 is 5.32 Å². The highest BCUT2D eigenvalue weighted by Crippen LogP contribution is 2.28. The van der Waals surface area contributed by atoms with Gasteiger partial charge in [-0.1, -0.05) is 33.8 Å². The summed E-state index contributed by atoms with van der Waals surface area (Å²) in [5.74, 6) is 1.42. The number of rotatable bonds is 8. The highest BCUT2D eigenvalue weighted by atomic mass is 32.1. The number of piperazine rings is 1. The maximum absolute atomic E-state index is 3.46. The summed E-state index contributed by atoms with van der Waals surface area (Å²) in [6.07, 6.45) is 0. The molecule has 1 fully saturated rings. The first-order valence-corrected chi connectivity index (χ1v) is 9.64. The molecule has 0 amide bonds. The molecule has 1 saturated heterocycles. The Kier molecular flexibility index (Phi) is 7.35. The molecule has 0 saturated carbocycles. The molecule has 1 aliphatic heterocycles. The molecular formula is C18H33N3S. The zero-order chi connectivity index (χ0) is 15.9. The number of thiophene rings is 1. The predicted octanol–water partition coefficient (Wildman–Crippen LogP) is 3.31. The minimum Gasteiger partial charge on any atom is -0.314 e. The number of hydrogen-bond donors (Lipinski definition) is 1. The summed E-state index contributed by atoms with van der Waals surface area (Å²) in [6.45, 7) is 17.5. The lowest BCUT2D eigenvalue weighted by Crippen LogP contribution is -2.48. The van der Waals surface area contributed by atoms with E-state index < -0.39 is 0 Å². The Morgan fingerprint density at radius 3 is 2.27 bits per heavy atom. The SMILES string of the molecule is CC(C)CN(CC(C)C)C(CN1CCNCC1)c1cccs1. The quantitative estimate of drug-likeness (QED) is 0.792. The number of hydrogen-bond acceptors (Lipinski definition) is 4. The standard InChI is InChI=1S/C18H33N3S/c1-15(2)12-21(13-16(3)4)17(18-6-5-11-22-18)14-20-9-7-19-8-10-20/h5-6,11,15-17,19H,7-10,12-14H2,1-4H3. The fourth-order valence-corrected chi connectivity index (χ4v) is 4.12. The van der Waals surface area contributed by atoms with E-state index in [9.17, 15) is 0 Å². The lowest BCUT2D eigenvalue weighted by Gasteiger charge is -2.38. The van der Waals surface area contributed by atoms with E-state index in [4.69, 9.17) is 0 Å². The third kappa shape index (κ3) is 5.65. The van der Waals surface area contributed by atoms with Gasteiger partial charge in [-0.15, -0.1) is 11.3 Å². The molecule has 1 aliphatic rings. The van der Waals surface area contributed by atoms with Crippen molar-refractivity contribution in [2.45, 2.75) is 33.7 Å². The Hall–Kier alpha value is -0.420. The van der Waals surface area contributed by atoms with Crippen LogP contribution in [0.5, 0.6) is 0 Å². The molecule has 0 bridgehead atoms. The highest BCUT2D eigenvalue weighted by Gasteiger charge is 2.25. The van der Waals surface area contributed by atoms with Gasteiger partial charge in [-0.3, -0.25) is 9.80 Å². The maximum atomic E-state index is 3.46. The van der Waals surface area contributed by atoms with Gasteiger partial charge >= 0.3 is 0 Å². The fourth-order valence-electron chi connectivity index (χ4n) is 3.27. The molecular weight excluding hydrogens is 290 g/mol. The first kappa shape index (κ1) is 17.9. The zero-order valence-corrected chi connectivity index (χ0v) is 15.5. The summed E-state index contributed by atoms with van der Waals surface area (Å²) < 4.78 is 0. The number of nitrogens with zero attached hydrogens (tertiary/aromatic N) is 2. The zero-order valence-electron chi connectivity index (χ0n) is 14.7. The van der Waals surface area contributed by atoms with E-state index in [1.165, 1.54) is 37.6 Å². The fraction of sp³-hybridized carbons (Fsp3) is 0.778. The van der Waals surface area contributed by atoms with Crippen molar-refractivity contribution in [1.29, 1.82) is 0 Å². The second-order valence-electron chi connectivity index (χ2n) is 7.32. The van der Waals surface area contributed by atoms with Crippen LogP contribution in [0.15, 0.2) is 17.5 Å². The second-order valence-corrected chi connectivity index (χ2v) is 8.30. The van der Waals surface area contributed by atoms with Crippen LogP contribution in [0.2, 0.25) is 0 Å². The summed E-state index contributed by atoms with van der Waals surface area (Å²) in [6, 6.07) is 5.07. The van der Waals surface area contributed by atoms with Crippen molar-refractivity contribution in [1.82, 2.24) is 15.1 Å². The molecule has 0 radical (unpaired) electrons. The lowest BCUT2D eigenvalue weighted by atomic mass is 10.1. The van der Waals surface area contributed by atoms with Crippen LogP contribution in [0.4, 0.5) is 0 Å². The molecule has 1 atom stereocenters. The molecule has 2 rings (SSSR count). The van der Waals surface area contributed by atoms with Crippen molar-refractivity contribution < 1.29 is 0 Å². The van der Waals surface area contributed by atoms with E-state index in [0.29, 0.717) is 17.9 Å². The Labute approximate surface area is 140 Å². The van der Waals surface area contributed by atoms with E-state index >= 15 is 0 Å². The van der Waals surface area contributed by atoms with Crippen LogP contribution in [0.3, 0.4) is 0 Å². The summed E-state index contributed by atoms with van der Waals surface area (Å²) in [7, 11) is 0. The molecule has 4 heteroatoms. The summed E-state index contributed by atoms with van der Waals surface area (Å²) in [5.41, 5.74) is 0. The van der Waals surface area contributed by atoms with Crippen LogP contribution in [-0.2, 0) is 0 Å². The summed E-state index contributed by atoms with van der Waals surface area (Å²) >= 11 is 1.92. The van der Waals surface area contributed by atoms with Gasteiger partial charge in [0, 0.05) is 50.7 Å². The monoisotopic (exact) mass is 323 g/mol. The first-order valence-electron chi connectivity index (χ1n) is 8.76. The molecule has 3 nitrogen and oxygen atoms in total. The third-order valence-electron chi connectivity index (χ3n) is 4.15. The Balaban J connectivity index is 2.12. The Bertz CT molecular complexity index is 386. The van der Waals surface area contributed by atoms with E-state index in [1.807, 2.05) is 11.3 Å². The molecule has 1 unspecified atom stereocenters. The van der Waals surface area contributed by atoms with Crippen LogP contribution in [0.1, 0.15) is 38.6 Å². The van der Waals surface area contributed by atoms with E-state index in [1.54, 1.807) is 0 Å². The molecule has 126 valence electrons. The van der Waals surface area contributed by atoms with Crippen molar-refractivity contribution in [2.24, 2.45) is 11.8 Å². The van der Waals surface area contributed by atoms with Gasteiger partial charge in [0.2, 0.25) is 0 Å². The topological polar surface area (TPSA) is 18.5 Å². The highest BCUT2D eigenvalue weighted by molar-refractivity contribution is 7.10. The van der Waals surface area contributed by atoms with Crippen molar-refractivity contribution in [2.75, 3.05) is 45.8 Å². The van der Waals surface area contributed by atoms with Gasteiger partial charge in [-0.05, 0) is 23.3 Å². The van der Waals surface area contributed by atoms with Gasteiger partial charge in [-0.25, -0.2) is 0 Å². The lowest BCUT2D eigenvalue weighted by molar-refractivity contribution is 0.109. The minimum atomic E-state index is 0.544. The molecule has 0 aliphatic carbocycles. The van der Waals surface area contributed by atoms with Gasteiger partial charge in [0.05, 0.1) is 6.04 Å². The van der Waals surface area contributed by atoms with Crippen molar-refractivity contribution >= 4 is 11.3 Å². The van der Waals surface area contributed by atoms with Gasteiger partial charge in [0.1, 0.15) is 0 Å². The van der Waals surface area contributed by atoms with Crippen molar-refractivity contribution in [3.63, 3.8) is 0 Å². The molecule has 1 aromatic heterocycles. The predicted molar refractivity (Wildman–Crippen MR) is 97.6 cm³/mol. The Morgan fingerprint density at radius 1 is 1.14 bits per heavy atom. The normalized spacial score (nSPS) is 18.5. The molecule has 22 heavy (non-hydrogen) atoms. The van der Waals surface area contributed by atoms with Crippen LogP contribution in [0.25, 0.3) is 0 Å². The summed E-state index contributed by atoms with van der Waals surface area (Å²) in [4.78, 5) is 6.89. The Morgan fingerprint density at radius 2 is 1.77 bits per heavy atom. The molecule has 0 aromatic carbocycles. The van der Waals surface area contributed by atoms with E-state index in [-0.39, 0.29) is 0 Å². The average molecular weight is 324 g/mol. The first-order chi connectivity index (χ1) is 10.6. The van der Waals surface area contributed by atoms with Crippen molar-refractivity contribution in [3.05, 3.63) is 22.4 Å². The maximum Gasteiger partial charge on any atom is 0.0569 e. The smallest absolute Gasteiger partial charge is 0.0569 e.